The maximum absolute atomic E-state index is 11.4. The Kier molecular flexibility index (Phi) is 3.65. The van der Waals surface area contributed by atoms with Gasteiger partial charge in [-0.05, 0) is 26.3 Å². The first-order chi connectivity index (χ1) is 6.93. The lowest BCUT2D eigenvalue weighted by molar-refractivity contribution is -0.156. The van der Waals surface area contributed by atoms with Gasteiger partial charge in [0, 0.05) is 0 Å². The number of amides is 1. The lowest BCUT2D eigenvalue weighted by Crippen LogP contribution is -2.50. The van der Waals surface area contributed by atoms with E-state index in [1.165, 1.54) is 0 Å². The summed E-state index contributed by atoms with van der Waals surface area (Å²) in [5.41, 5.74) is -1.91. The first kappa shape index (κ1) is 11.9. The topological polar surface area (TPSA) is 98.7 Å². The molecule has 1 aliphatic heterocycles. The van der Waals surface area contributed by atoms with Crippen LogP contribution in [-0.2, 0) is 9.59 Å². The van der Waals surface area contributed by atoms with Crippen LogP contribution in [0, 0.1) is 0 Å². The number of carboxylic acid groups (broad SMARTS) is 1. The SMILES string of the molecule is CC(O)(CNC(=O)C1CCCN1)C(=O)O. The van der Waals surface area contributed by atoms with Gasteiger partial charge in [-0.3, -0.25) is 4.79 Å². The van der Waals surface area contributed by atoms with E-state index in [0.29, 0.717) is 0 Å². The second-order valence-electron chi connectivity index (χ2n) is 3.95. The maximum atomic E-state index is 11.4. The van der Waals surface area contributed by atoms with Crippen LogP contribution >= 0.6 is 0 Å². The number of carbonyl (C=O) groups excluding carboxylic acids is 1. The Morgan fingerprint density at radius 1 is 1.60 bits per heavy atom. The third-order valence-electron chi connectivity index (χ3n) is 2.44. The third kappa shape index (κ3) is 3.17. The number of rotatable bonds is 4. The first-order valence-electron chi connectivity index (χ1n) is 4.90. The van der Waals surface area contributed by atoms with Gasteiger partial charge in [-0.25, -0.2) is 4.79 Å². The summed E-state index contributed by atoms with van der Waals surface area (Å²) in [5.74, 6) is -1.60. The number of aliphatic hydroxyl groups is 1. The quantitative estimate of drug-likeness (QED) is 0.467. The Labute approximate surface area is 87.7 Å². The molecular formula is C9H16N2O4. The zero-order valence-electron chi connectivity index (χ0n) is 8.62. The van der Waals surface area contributed by atoms with Gasteiger partial charge >= 0.3 is 5.97 Å². The average molecular weight is 216 g/mol. The molecule has 0 spiro atoms. The summed E-state index contributed by atoms with van der Waals surface area (Å²) in [6, 6.07) is -0.255. The molecule has 6 nitrogen and oxygen atoms in total. The van der Waals surface area contributed by atoms with Crippen LogP contribution in [0.1, 0.15) is 19.8 Å². The van der Waals surface area contributed by atoms with Crippen molar-refractivity contribution >= 4 is 11.9 Å². The van der Waals surface area contributed by atoms with E-state index in [1.54, 1.807) is 0 Å². The number of carbonyl (C=O) groups is 2. The van der Waals surface area contributed by atoms with Crippen molar-refractivity contribution in [3.8, 4) is 0 Å². The molecule has 1 aliphatic rings. The second-order valence-corrected chi connectivity index (χ2v) is 3.95. The molecule has 1 heterocycles. The molecule has 2 unspecified atom stereocenters. The van der Waals surface area contributed by atoms with Crippen LogP contribution in [0.4, 0.5) is 0 Å². The second kappa shape index (κ2) is 4.59. The Morgan fingerprint density at radius 3 is 2.73 bits per heavy atom. The molecule has 0 radical (unpaired) electrons. The molecular weight excluding hydrogens is 200 g/mol. The third-order valence-corrected chi connectivity index (χ3v) is 2.44. The van der Waals surface area contributed by atoms with Gasteiger partial charge in [0.15, 0.2) is 5.60 Å². The number of hydrogen-bond acceptors (Lipinski definition) is 4. The average Bonchev–Trinajstić information content (AvgIpc) is 2.66. The number of nitrogens with one attached hydrogen (secondary N) is 2. The minimum atomic E-state index is -1.91. The van der Waals surface area contributed by atoms with Crippen molar-refractivity contribution in [2.24, 2.45) is 0 Å². The van der Waals surface area contributed by atoms with Crippen LogP contribution in [0.25, 0.3) is 0 Å². The molecule has 0 aromatic carbocycles. The number of hydrogen-bond donors (Lipinski definition) is 4. The minimum absolute atomic E-state index is 0.255. The van der Waals surface area contributed by atoms with Gasteiger partial charge in [0.1, 0.15) is 0 Å². The van der Waals surface area contributed by atoms with Crippen molar-refractivity contribution in [2.45, 2.75) is 31.4 Å². The molecule has 1 fully saturated rings. The monoisotopic (exact) mass is 216 g/mol. The van der Waals surface area contributed by atoms with E-state index in [4.69, 9.17) is 5.11 Å². The number of carboxylic acids is 1. The lowest BCUT2D eigenvalue weighted by atomic mass is 10.1. The maximum Gasteiger partial charge on any atom is 0.337 e. The van der Waals surface area contributed by atoms with E-state index < -0.39 is 11.6 Å². The molecule has 0 aliphatic carbocycles. The largest absolute Gasteiger partial charge is 0.479 e. The first-order valence-corrected chi connectivity index (χ1v) is 4.90. The zero-order valence-corrected chi connectivity index (χ0v) is 8.62. The highest BCUT2D eigenvalue weighted by Gasteiger charge is 2.31. The molecule has 0 aromatic heterocycles. The molecule has 4 N–H and O–H groups in total. The highest BCUT2D eigenvalue weighted by molar-refractivity contribution is 5.83. The molecule has 1 saturated heterocycles. The van der Waals surface area contributed by atoms with Gasteiger partial charge in [-0.1, -0.05) is 0 Å². The Morgan fingerprint density at radius 2 is 2.27 bits per heavy atom. The molecule has 15 heavy (non-hydrogen) atoms. The van der Waals surface area contributed by atoms with Crippen LogP contribution in [0.3, 0.4) is 0 Å². The normalized spacial score (nSPS) is 24.5. The van der Waals surface area contributed by atoms with Crippen molar-refractivity contribution in [1.82, 2.24) is 10.6 Å². The summed E-state index contributed by atoms with van der Waals surface area (Å²) in [4.78, 5) is 22.0. The molecule has 6 heteroatoms. The van der Waals surface area contributed by atoms with E-state index in [1.807, 2.05) is 0 Å². The van der Waals surface area contributed by atoms with E-state index in [9.17, 15) is 14.7 Å². The van der Waals surface area contributed by atoms with Crippen molar-refractivity contribution in [3.63, 3.8) is 0 Å². The smallest absolute Gasteiger partial charge is 0.337 e. The van der Waals surface area contributed by atoms with Crippen molar-refractivity contribution in [1.29, 1.82) is 0 Å². The summed E-state index contributed by atoms with van der Waals surface area (Å²) in [6.07, 6.45) is 1.69. The van der Waals surface area contributed by atoms with Crippen molar-refractivity contribution < 1.29 is 19.8 Å². The van der Waals surface area contributed by atoms with Gasteiger partial charge < -0.3 is 20.8 Å². The fourth-order valence-electron chi connectivity index (χ4n) is 1.37. The summed E-state index contributed by atoms with van der Waals surface area (Å²) in [6.45, 7) is 1.67. The van der Waals surface area contributed by atoms with Gasteiger partial charge in [0.2, 0.25) is 5.91 Å². The van der Waals surface area contributed by atoms with Gasteiger partial charge in [0.25, 0.3) is 0 Å². The van der Waals surface area contributed by atoms with E-state index >= 15 is 0 Å². The molecule has 2 atom stereocenters. The van der Waals surface area contributed by atoms with E-state index in [0.717, 1.165) is 26.3 Å². The van der Waals surface area contributed by atoms with Crippen molar-refractivity contribution in [2.75, 3.05) is 13.1 Å². The molecule has 0 aromatic rings. The predicted molar refractivity (Wildman–Crippen MR) is 52.3 cm³/mol. The summed E-state index contributed by atoms with van der Waals surface area (Å²) < 4.78 is 0. The Hall–Kier alpha value is -1.14. The summed E-state index contributed by atoms with van der Waals surface area (Å²) in [5, 5.41) is 23.3. The molecule has 1 amide bonds. The molecule has 86 valence electrons. The number of aliphatic carboxylic acids is 1. The van der Waals surface area contributed by atoms with Crippen LogP contribution in [0.15, 0.2) is 0 Å². The fourth-order valence-corrected chi connectivity index (χ4v) is 1.37. The highest BCUT2D eigenvalue weighted by atomic mass is 16.4. The van der Waals surface area contributed by atoms with Gasteiger partial charge in [-0.2, -0.15) is 0 Å². The van der Waals surface area contributed by atoms with Gasteiger partial charge in [0.05, 0.1) is 12.6 Å². The Balaban J connectivity index is 2.36. The van der Waals surface area contributed by atoms with Crippen LogP contribution in [-0.4, -0.2) is 46.8 Å². The predicted octanol–water partition coefficient (Wildman–Crippen LogP) is -1.31. The van der Waals surface area contributed by atoms with E-state index in [2.05, 4.69) is 10.6 Å². The fraction of sp³-hybridized carbons (Fsp3) is 0.778. The van der Waals surface area contributed by atoms with Crippen LogP contribution in [0.2, 0.25) is 0 Å². The molecule has 0 bridgehead atoms. The van der Waals surface area contributed by atoms with E-state index in [-0.39, 0.29) is 18.5 Å². The minimum Gasteiger partial charge on any atom is -0.479 e. The summed E-state index contributed by atoms with van der Waals surface area (Å²) in [7, 11) is 0. The highest BCUT2D eigenvalue weighted by Crippen LogP contribution is 2.06. The lowest BCUT2D eigenvalue weighted by Gasteiger charge is -2.19. The van der Waals surface area contributed by atoms with Gasteiger partial charge in [-0.15, -0.1) is 0 Å². The summed E-state index contributed by atoms with van der Waals surface area (Å²) >= 11 is 0. The molecule has 0 saturated carbocycles. The Bertz CT molecular complexity index is 259. The molecule has 1 rings (SSSR count). The van der Waals surface area contributed by atoms with Crippen LogP contribution in [0.5, 0.6) is 0 Å². The van der Waals surface area contributed by atoms with Crippen molar-refractivity contribution in [3.05, 3.63) is 0 Å². The standard InChI is InChI=1S/C9H16N2O4/c1-9(15,8(13)14)5-11-7(12)6-3-2-4-10-6/h6,10,15H,2-5H2,1H3,(H,11,12)(H,13,14). The zero-order chi connectivity index (χ0) is 11.5. The van der Waals surface area contributed by atoms with Crippen LogP contribution < -0.4 is 10.6 Å².